The minimum Gasteiger partial charge on any atom is -0.350 e. The normalized spacial score (nSPS) is 12.3. The number of carbonyl (C=O) groups excluding carboxylic acids is 1. The van der Waals surface area contributed by atoms with Crippen molar-refractivity contribution in [2.45, 2.75) is 19.9 Å². The van der Waals surface area contributed by atoms with E-state index in [0.29, 0.717) is 12.1 Å². The lowest BCUT2D eigenvalue weighted by Gasteiger charge is -2.08. The van der Waals surface area contributed by atoms with E-state index in [4.69, 9.17) is 5.73 Å². The van der Waals surface area contributed by atoms with Crippen molar-refractivity contribution >= 4 is 21.8 Å². The van der Waals surface area contributed by atoms with Gasteiger partial charge in [0.2, 0.25) is 0 Å². The van der Waals surface area contributed by atoms with Crippen LogP contribution in [-0.2, 0) is 0 Å². The highest BCUT2D eigenvalue weighted by Crippen LogP contribution is 2.17. The maximum absolute atomic E-state index is 11.6. The van der Waals surface area contributed by atoms with Gasteiger partial charge in [-0.25, -0.2) is 0 Å². The van der Waals surface area contributed by atoms with Gasteiger partial charge in [0.1, 0.15) is 0 Å². The molecule has 0 radical (unpaired) electrons. The third-order valence-electron chi connectivity index (χ3n) is 2.02. The quantitative estimate of drug-likeness (QED) is 0.881. The molecule has 1 aromatic rings. The van der Waals surface area contributed by atoms with Gasteiger partial charge in [0.15, 0.2) is 0 Å². The fourth-order valence-corrected chi connectivity index (χ4v) is 1.47. The van der Waals surface area contributed by atoms with Gasteiger partial charge in [0.05, 0.1) is 0 Å². The molecule has 1 unspecified atom stereocenters. The molecule has 4 heteroatoms. The van der Waals surface area contributed by atoms with Crippen LogP contribution in [0.4, 0.5) is 0 Å². The topological polar surface area (TPSA) is 55.1 Å². The predicted octanol–water partition coefficient (Wildman–Crippen LogP) is 1.83. The van der Waals surface area contributed by atoms with Crippen LogP contribution < -0.4 is 11.1 Å². The number of carbonyl (C=O) groups is 1. The smallest absolute Gasteiger partial charge is 0.251 e. The lowest BCUT2D eigenvalue weighted by atomic mass is 10.1. The van der Waals surface area contributed by atoms with Crippen LogP contribution in [0.3, 0.4) is 0 Å². The second kappa shape index (κ2) is 5.28. The van der Waals surface area contributed by atoms with Crippen molar-refractivity contribution in [1.82, 2.24) is 5.32 Å². The van der Waals surface area contributed by atoms with E-state index in [9.17, 15) is 4.79 Å². The fraction of sp³-hybridized carbons (Fsp3) is 0.364. The highest BCUT2D eigenvalue weighted by molar-refractivity contribution is 9.10. The van der Waals surface area contributed by atoms with Crippen LogP contribution in [0.25, 0.3) is 0 Å². The van der Waals surface area contributed by atoms with Crippen molar-refractivity contribution in [3.05, 3.63) is 33.8 Å². The summed E-state index contributed by atoms with van der Waals surface area (Å²) in [5, 5.41) is 2.76. The van der Waals surface area contributed by atoms with Gasteiger partial charge in [-0.05, 0) is 31.5 Å². The molecular weight excluding hydrogens is 256 g/mol. The Morgan fingerprint density at radius 1 is 1.60 bits per heavy atom. The molecule has 82 valence electrons. The van der Waals surface area contributed by atoms with Gasteiger partial charge in [-0.1, -0.05) is 22.0 Å². The van der Waals surface area contributed by atoms with Crippen LogP contribution in [0.1, 0.15) is 22.8 Å². The highest BCUT2D eigenvalue weighted by atomic mass is 79.9. The molecule has 0 aliphatic rings. The van der Waals surface area contributed by atoms with Crippen molar-refractivity contribution in [1.29, 1.82) is 0 Å². The van der Waals surface area contributed by atoms with Crippen molar-refractivity contribution in [2.75, 3.05) is 6.54 Å². The standard InChI is InChI=1S/C11H15BrN2O/c1-7-3-4-9(5-10(7)12)11(15)14-6-8(2)13/h3-5,8H,6,13H2,1-2H3,(H,14,15). The predicted molar refractivity (Wildman–Crippen MR) is 64.9 cm³/mol. The van der Waals surface area contributed by atoms with Gasteiger partial charge in [-0.15, -0.1) is 0 Å². The second-order valence-electron chi connectivity index (χ2n) is 3.65. The van der Waals surface area contributed by atoms with Crippen molar-refractivity contribution in [2.24, 2.45) is 5.73 Å². The second-order valence-corrected chi connectivity index (χ2v) is 4.51. The van der Waals surface area contributed by atoms with E-state index in [0.717, 1.165) is 10.0 Å². The fourth-order valence-electron chi connectivity index (χ4n) is 1.09. The zero-order chi connectivity index (χ0) is 11.4. The number of hydrogen-bond acceptors (Lipinski definition) is 2. The average molecular weight is 271 g/mol. The Hall–Kier alpha value is -0.870. The van der Waals surface area contributed by atoms with E-state index in [2.05, 4.69) is 21.2 Å². The van der Waals surface area contributed by atoms with Gasteiger partial charge in [-0.2, -0.15) is 0 Å². The highest BCUT2D eigenvalue weighted by Gasteiger charge is 2.06. The molecule has 0 aliphatic carbocycles. The zero-order valence-electron chi connectivity index (χ0n) is 8.88. The number of halogens is 1. The summed E-state index contributed by atoms with van der Waals surface area (Å²) < 4.78 is 0.941. The number of amides is 1. The molecule has 0 spiro atoms. The summed E-state index contributed by atoms with van der Waals surface area (Å²) in [5.74, 6) is -0.0898. The number of benzene rings is 1. The molecule has 1 aromatic carbocycles. The zero-order valence-corrected chi connectivity index (χ0v) is 10.5. The Kier molecular flexibility index (Phi) is 4.29. The van der Waals surface area contributed by atoms with Crippen molar-refractivity contribution in [3.63, 3.8) is 0 Å². The van der Waals surface area contributed by atoms with E-state index < -0.39 is 0 Å². The molecule has 0 saturated heterocycles. The Balaban J connectivity index is 2.70. The first-order valence-corrected chi connectivity index (χ1v) is 5.60. The maximum Gasteiger partial charge on any atom is 0.251 e. The first-order chi connectivity index (χ1) is 7.00. The first kappa shape index (κ1) is 12.2. The van der Waals surface area contributed by atoms with Crippen LogP contribution in [-0.4, -0.2) is 18.5 Å². The summed E-state index contributed by atoms with van der Waals surface area (Å²) in [7, 11) is 0. The maximum atomic E-state index is 11.6. The Morgan fingerprint density at radius 3 is 2.80 bits per heavy atom. The van der Waals surface area contributed by atoms with Crippen molar-refractivity contribution < 1.29 is 4.79 Å². The summed E-state index contributed by atoms with van der Waals surface area (Å²) in [4.78, 5) is 11.6. The van der Waals surface area contributed by atoms with Gasteiger partial charge in [-0.3, -0.25) is 4.79 Å². The molecule has 0 fully saturated rings. The number of nitrogens with two attached hydrogens (primary N) is 1. The molecule has 0 bridgehead atoms. The number of hydrogen-bond donors (Lipinski definition) is 2. The molecule has 15 heavy (non-hydrogen) atoms. The molecule has 3 N–H and O–H groups in total. The lowest BCUT2D eigenvalue weighted by Crippen LogP contribution is -2.35. The summed E-state index contributed by atoms with van der Waals surface area (Å²) >= 11 is 3.39. The summed E-state index contributed by atoms with van der Waals surface area (Å²) in [6.07, 6.45) is 0. The summed E-state index contributed by atoms with van der Waals surface area (Å²) in [6, 6.07) is 5.50. The molecule has 1 atom stereocenters. The van der Waals surface area contributed by atoms with E-state index in [1.165, 1.54) is 0 Å². The number of aryl methyl sites for hydroxylation is 1. The lowest BCUT2D eigenvalue weighted by molar-refractivity contribution is 0.0951. The molecule has 3 nitrogen and oxygen atoms in total. The van der Waals surface area contributed by atoms with Gasteiger partial charge < -0.3 is 11.1 Å². The molecular formula is C11H15BrN2O. The van der Waals surface area contributed by atoms with Crippen LogP contribution in [0.2, 0.25) is 0 Å². The van der Waals surface area contributed by atoms with Crippen LogP contribution >= 0.6 is 15.9 Å². The van der Waals surface area contributed by atoms with E-state index in [1.54, 1.807) is 6.07 Å². The first-order valence-electron chi connectivity index (χ1n) is 4.80. The van der Waals surface area contributed by atoms with Crippen LogP contribution in [0, 0.1) is 6.92 Å². The van der Waals surface area contributed by atoms with Crippen molar-refractivity contribution in [3.8, 4) is 0 Å². The summed E-state index contributed by atoms with van der Waals surface area (Å²) in [6.45, 7) is 4.32. The monoisotopic (exact) mass is 270 g/mol. The van der Waals surface area contributed by atoms with Gasteiger partial charge >= 0.3 is 0 Å². The van der Waals surface area contributed by atoms with E-state index in [1.807, 2.05) is 26.0 Å². The SMILES string of the molecule is Cc1ccc(C(=O)NCC(C)N)cc1Br. The molecule has 0 aliphatic heterocycles. The largest absolute Gasteiger partial charge is 0.350 e. The molecule has 1 rings (SSSR count). The molecule has 1 amide bonds. The molecule has 0 heterocycles. The van der Waals surface area contributed by atoms with Crippen LogP contribution in [0.15, 0.2) is 22.7 Å². The number of nitrogens with one attached hydrogen (secondary N) is 1. The van der Waals surface area contributed by atoms with E-state index in [-0.39, 0.29) is 11.9 Å². The minimum atomic E-state index is -0.0898. The Bertz CT molecular complexity index is 364. The molecule has 0 aromatic heterocycles. The van der Waals surface area contributed by atoms with Crippen LogP contribution in [0.5, 0.6) is 0 Å². The third-order valence-corrected chi connectivity index (χ3v) is 2.87. The average Bonchev–Trinajstić information content (AvgIpc) is 2.18. The van der Waals surface area contributed by atoms with Gasteiger partial charge in [0, 0.05) is 22.6 Å². The molecule has 0 saturated carbocycles. The third kappa shape index (κ3) is 3.64. The van der Waals surface area contributed by atoms with Gasteiger partial charge in [0.25, 0.3) is 5.91 Å². The summed E-state index contributed by atoms with van der Waals surface area (Å²) in [5.41, 5.74) is 7.31. The Labute approximate surface area is 98.2 Å². The Morgan fingerprint density at radius 2 is 2.27 bits per heavy atom. The minimum absolute atomic E-state index is 0.0251. The number of rotatable bonds is 3. The van der Waals surface area contributed by atoms with E-state index >= 15 is 0 Å².